The number of nitrogens with zero attached hydrogens (tertiary/aromatic N) is 2. The summed E-state index contributed by atoms with van der Waals surface area (Å²) >= 11 is 0. The minimum atomic E-state index is -0.207. The van der Waals surface area contributed by atoms with E-state index in [-0.39, 0.29) is 17.5 Å². The number of anilines is 1. The first kappa shape index (κ1) is 19.2. The Morgan fingerprint density at radius 2 is 2.03 bits per heavy atom. The number of carbonyl (C=O) groups is 1. The van der Waals surface area contributed by atoms with Gasteiger partial charge < -0.3 is 19.8 Å². The van der Waals surface area contributed by atoms with Crippen molar-refractivity contribution in [3.05, 3.63) is 47.0 Å². The second-order valence-corrected chi connectivity index (χ2v) is 8.05. The maximum absolute atomic E-state index is 13.2. The molecule has 3 aromatic rings. The Morgan fingerprint density at radius 1 is 1.28 bits per heavy atom. The number of benzene rings is 1. The minimum Gasteiger partial charge on any atom is -0.496 e. The zero-order valence-electron chi connectivity index (χ0n) is 17.4. The van der Waals surface area contributed by atoms with E-state index in [0.29, 0.717) is 28.2 Å². The summed E-state index contributed by atoms with van der Waals surface area (Å²) in [5.41, 5.74) is 2.94. The molecule has 4 rings (SSSR count). The summed E-state index contributed by atoms with van der Waals surface area (Å²) in [7, 11) is 1.65. The molecule has 0 spiro atoms. The summed E-state index contributed by atoms with van der Waals surface area (Å²) in [5.74, 6) is 1.79. The van der Waals surface area contributed by atoms with Gasteiger partial charge >= 0.3 is 0 Å². The number of rotatable bonds is 6. The van der Waals surface area contributed by atoms with Crippen molar-refractivity contribution in [1.29, 1.82) is 0 Å². The van der Waals surface area contributed by atoms with Gasteiger partial charge in [-0.15, -0.1) is 0 Å². The van der Waals surface area contributed by atoms with E-state index in [1.54, 1.807) is 14.0 Å². The highest BCUT2D eigenvalue weighted by Crippen LogP contribution is 2.40. The van der Waals surface area contributed by atoms with Crippen LogP contribution in [0.2, 0.25) is 0 Å². The Labute approximate surface area is 169 Å². The van der Waals surface area contributed by atoms with Gasteiger partial charge in [-0.25, -0.2) is 9.97 Å². The number of fused-ring (bicyclic) bond motifs is 1. The van der Waals surface area contributed by atoms with Crippen LogP contribution in [0.3, 0.4) is 0 Å². The van der Waals surface area contributed by atoms with E-state index in [0.717, 1.165) is 29.7 Å². The van der Waals surface area contributed by atoms with Crippen LogP contribution in [0.5, 0.6) is 5.75 Å². The lowest BCUT2D eigenvalue weighted by molar-refractivity contribution is 0.0940. The summed E-state index contributed by atoms with van der Waals surface area (Å²) in [6.07, 6.45) is 3.61. The molecule has 7 nitrogen and oxygen atoms in total. The highest BCUT2D eigenvalue weighted by molar-refractivity contribution is 6.10. The first-order chi connectivity index (χ1) is 13.8. The number of amides is 1. The Balaban J connectivity index is 1.64. The van der Waals surface area contributed by atoms with Gasteiger partial charge in [0.05, 0.1) is 24.1 Å². The molecule has 1 fully saturated rings. The fraction of sp³-hybridized carbons (Fsp3) is 0.409. The molecule has 7 heteroatoms. The van der Waals surface area contributed by atoms with Crippen molar-refractivity contribution >= 4 is 22.8 Å². The van der Waals surface area contributed by atoms with Gasteiger partial charge in [-0.05, 0) is 57.7 Å². The smallest absolute Gasteiger partial charge is 0.256 e. The third-order valence-corrected chi connectivity index (χ3v) is 5.58. The number of ether oxygens (including phenoxy) is 1. The molecule has 1 aromatic carbocycles. The van der Waals surface area contributed by atoms with Gasteiger partial charge in [0, 0.05) is 5.54 Å². The number of aryl methyl sites for hydroxylation is 2. The van der Waals surface area contributed by atoms with Crippen molar-refractivity contribution < 1.29 is 13.9 Å². The fourth-order valence-corrected chi connectivity index (χ4v) is 3.53. The average Bonchev–Trinajstić information content (AvgIpc) is 3.29. The van der Waals surface area contributed by atoms with E-state index in [1.807, 2.05) is 32.0 Å². The van der Waals surface area contributed by atoms with Crippen molar-refractivity contribution in [3.8, 4) is 5.75 Å². The highest BCUT2D eigenvalue weighted by Gasteiger charge is 2.38. The third-order valence-electron chi connectivity index (χ3n) is 5.58. The van der Waals surface area contributed by atoms with Gasteiger partial charge in [0.1, 0.15) is 23.7 Å². The van der Waals surface area contributed by atoms with Crippen LogP contribution in [0.25, 0.3) is 11.1 Å². The Kier molecular flexibility index (Phi) is 4.68. The molecule has 0 bridgehead atoms. The summed E-state index contributed by atoms with van der Waals surface area (Å²) in [5, 5.41) is 7.16. The molecule has 2 heterocycles. The van der Waals surface area contributed by atoms with Gasteiger partial charge in [-0.3, -0.25) is 4.79 Å². The zero-order chi connectivity index (χ0) is 20.8. The van der Waals surface area contributed by atoms with Crippen LogP contribution in [-0.4, -0.2) is 28.5 Å². The van der Waals surface area contributed by atoms with Crippen LogP contribution < -0.4 is 15.4 Å². The predicted molar refractivity (Wildman–Crippen MR) is 111 cm³/mol. The third kappa shape index (κ3) is 3.64. The highest BCUT2D eigenvalue weighted by atomic mass is 16.5. The largest absolute Gasteiger partial charge is 0.496 e. The second-order valence-electron chi connectivity index (χ2n) is 8.05. The van der Waals surface area contributed by atoms with Crippen molar-refractivity contribution in [2.75, 3.05) is 12.4 Å². The number of aromatic nitrogens is 2. The fourth-order valence-electron chi connectivity index (χ4n) is 3.53. The lowest BCUT2D eigenvalue weighted by Crippen LogP contribution is -2.27. The number of methoxy groups -OCH3 is 1. The molecule has 1 amide bonds. The Morgan fingerprint density at radius 3 is 2.69 bits per heavy atom. The molecule has 1 unspecified atom stereocenters. The molecule has 0 radical (unpaired) electrons. The topological polar surface area (TPSA) is 89.3 Å². The van der Waals surface area contributed by atoms with E-state index < -0.39 is 0 Å². The lowest BCUT2D eigenvalue weighted by atomic mass is 10.0. The lowest BCUT2D eigenvalue weighted by Gasteiger charge is -2.17. The molecule has 1 aliphatic carbocycles. The summed E-state index contributed by atoms with van der Waals surface area (Å²) in [6.45, 7) is 7.86. The van der Waals surface area contributed by atoms with E-state index >= 15 is 0 Å². The van der Waals surface area contributed by atoms with Gasteiger partial charge in [-0.2, -0.15) is 0 Å². The number of hydrogen-bond donors (Lipinski definition) is 2. The van der Waals surface area contributed by atoms with E-state index in [2.05, 4.69) is 27.5 Å². The predicted octanol–water partition coefficient (Wildman–Crippen LogP) is 4.30. The van der Waals surface area contributed by atoms with Crippen LogP contribution in [0, 0.1) is 13.8 Å². The van der Waals surface area contributed by atoms with Gasteiger partial charge in [-0.1, -0.05) is 12.1 Å². The summed E-state index contributed by atoms with van der Waals surface area (Å²) in [6, 6.07) is 5.71. The normalized spacial score (nSPS) is 15.8. The second kappa shape index (κ2) is 7.06. The van der Waals surface area contributed by atoms with Gasteiger partial charge in [0.2, 0.25) is 5.71 Å². The van der Waals surface area contributed by atoms with Crippen molar-refractivity contribution in [2.45, 2.75) is 52.1 Å². The Hall–Kier alpha value is -3.09. The molecule has 152 valence electrons. The molecule has 1 saturated carbocycles. The number of hydrogen-bond acceptors (Lipinski definition) is 6. The molecule has 29 heavy (non-hydrogen) atoms. The van der Waals surface area contributed by atoms with Gasteiger partial charge in [0.15, 0.2) is 0 Å². The number of furan rings is 1. The van der Waals surface area contributed by atoms with Crippen molar-refractivity contribution in [3.63, 3.8) is 0 Å². The van der Waals surface area contributed by atoms with E-state index in [4.69, 9.17) is 9.15 Å². The van der Waals surface area contributed by atoms with Crippen LogP contribution in [0.15, 0.2) is 28.9 Å². The monoisotopic (exact) mass is 394 g/mol. The molecule has 1 aliphatic rings. The minimum absolute atomic E-state index is 0.0219. The molecular weight excluding hydrogens is 368 g/mol. The molecule has 0 aliphatic heterocycles. The zero-order valence-corrected chi connectivity index (χ0v) is 17.4. The number of carbonyl (C=O) groups excluding carboxylic acids is 1. The molecule has 2 aromatic heterocycles. The maximum atomic E-state index is 13.2. The molecule has 2 N–H and O–H groups in total. The van der Waals surface area contributed by atoms with E-state index in [1.165, 1.54) is 6.33 Å². The van der Waals surface area contributed by atoms with Crippen molar-refractivity contribution in [1.82, 2.24) is 15.3 Å². The number of nitrogens with one attached hydrogen (secondary N) is 2. The van der Waals surface area contributed by atoms with Crippen LogP contribution in [0.4, 0.5) is 5.82 Å². The van der Waals surface area contributed by atoms with Crippen LogP contribution in [0.1, 0.15) is 60.0 Å². The SMILES string of the molecule is COc1ccc(C(C)NC(=O)c2c(C)oc3ncnc(NC4(C)CC4)c23)cc1C. The van der Waals surface area contributed by atoms with E-state index in [9.17, 15) is 4.79 Å². The van der Waals surface area contributed by atoms with Crippen LogP contribution in [-0.2, 0) is 0 Å². The summed E-state index contributed by atoms with van der Waals surface area (Å²) < 4.78 is 11.1. The maximum Gasteiger partial charge on any atom is 0.256 e. The van der Waals surface area contributed by atoms with Crippen molar-refractivity contribution in [2.24, 2.45) is 0 Å². The Bertz CT molecular complexity index is 1090. The van der Waals surface area contributed by atoms with Gasteiger partial charge in [0.25, 0.3) is 5.91 Å². The first-order valence-electron chi connectivity index (χ1n) is 9.79. The summed E-state index contributed by atoms with van der Waals surface area (Å²) in [4.78, 5) is 21.8. The standard InChI is InChI=1S/C22H26N4O3/c1-12-10-15(6-7-16(12)28-5)13(2)25-20(27)17-14(3)29-21-18(17)19(23-11-24-21)26-22(4)8-9-22/h6-7,10-11,13H,8-9H2,1-5H3,(H,25,27)(H,23,24,26). The quantitative estimate of drug-likeness (QED) is 0.648. The first-order valence-corrected chi connectivity index (χ1v) is 9.79. The van der Waals surface area contributed by atoms with Crippen LogP contribution >= 0.6 is 0 Å². The average molecular weight is 394 g/mol. The molecular formula is C22H26N4O3. The molecule has 1 atom stereocenters. The molecule has 0 saturated heterocycles.